The van der Waals surface area contributed by atoms with Gasteiger partial charge in [0.05, 0.1) is 17.7 Å². The maximum absolute atomic E-state index is 15.0. The summed E-state index contributed by atoms with van der Waals surface area (Å²) in [6.07, 6.45) is -1.30. The number of nitrogens with one attached hydrogen (secondary N) is 1. The fourth-order valence-corrected chi connectivity index (χ4v) is 2.78. The molecule has 0 aromatic rings. The van der Waals surface area contributed by atoms with Gasteiger partial charge in [-0.15, -0.1) is 0 Å². The summed E-state index contributed by atoms with van der Waals surface area (Å²) in [4.78, 5) is 5.65. The molecule has 0 spiro atoms. The molecule has 2 heterocycles. The number of hydrogen-bond acceptors (Lipinski definition) is 5. The van der Waals surface area contributed by atoms with Crippen molar-refractivity contribution >= 4 is 5.84 Å². The molecule has 1 fully saturated rings. The van der Waals surface area contributed by atoms with E-state index in [0.29, 0.717) is 5.84 Å². The van der Waals surface area contributed by atoms with E-state index in [9.17, 15) is 5.11 Å². The summed E-state index contributed by atoms with van der Waals surface area (Å²) in [6.45, 7) is 14.1. The van der Waals surface area contributed by atoms with E-state index in [0.717, 1.165) is 0 Å². The summed E-state index contributed by atoms with van der Waals surface area (Å²) in [7, 11) is 0. The molecule has 0 aromatic carbocycles. The molecule has 0 aliphatic carbocycles. The average molecular weight is 373 g/mol. The second-order valence-electron chi connectivity index (χ2n) is 8.50. The van der Waals surface area contributed by atoms with E-state index in [1.54, 1.807) is 26.8 Å². The SMILES string of the molecule is C=C1NC(=NC(C)(C)C)C=CN1[C@@H]1O[C@H](CO)[C@H](OC(C)(C)C)C1(F)F. The van der Waals surface area contributed by atoms with Gasteiger partial charge in [-0.1, -0.05) is 6.58 Å². The Hall–Kier alpha value is -1.51. The number of amidine groups is 1. The summed E-state index contributed by atoms with van der Waals surface area (Å²) in [5.41, 5.74) is -1.13. The molecule has 148 valence electrons. The lowest BCUT2D eigenvalue weighted by atomic mass is 10.1. The first kappa shape index (κ1) is 20.8. The molecule has 2 aliphatic heterocycles. The van der Waals surface area contributed by atoms with E-state index in [1.165, 1.54) is 11.1 Å². The van der Waals surface area contributed by atoms with E-state index in [4.69, 9.17) is 9.47 Å². The van der Waals surface area contributed by atoms with Crippen molar-refractivity contribution in [2.24, 2.45) is 4.99 Å². The molecule has 2 rings (SSSR count). The monoisotopic (exact) mass is 373 g/mol. The standard InChI is InChI=1S/C18H29F2N3O3/c1-11-21-13(22-16(2,3)4)8-9-23(11)15-18(19,20)14(12(10-24)25-15)26-17(5,6)7/h8-9,12,14-15,24H,1,10H2,2-7H3,(H,21,22)/t12-,14+,15-/m1/s1. The van der Waals surface area contributed by atoms with Crippen LogP contribution in [0.1, 0.15) is 41.5 Å². The molecular weight excluding hydrogens is 344 g/mol. The first-order valence-electron chi connectivity index (χ1n) is 8.59. The van der Waals surface area contributed by atoms with E-state index in [2.05, 4.69) is 16.9 Å². The number of alkyl halides is 2. The van der Waals surface area contributed by atoms with Crippen LogP contribution >= 0.6 is 0 Å². The van der Waals surface area contributed by atoms with Gasteiger partial charge in [0.25, 0.3) is 0 Å². The average Bonchev–Trinajstić information content (AvgIpc) is 2.67. The minimum absolute atomic E-state index is 0.216. The minimum atomic E-state index is -3.35. The van der Waals surface area contributed by atoms with Crippen molar-refractivity contribution in [3.05, 3.63) is 24.7 Å². The molecule has 2 N–H and O–H groups in total. The second-order valence-corrected chi connectivity index (χ2v) is 8.50. The Labute approximate surface area is 153 Å². The highest BCUT2D eigenvalue weighted by Gasteiger charge is 2.62. The lowest BCUT2D eigenvalue weighted by Gasteiger charge is -2.36. The largest absolute Gasteiger partial charge is 0.394 e. The Morgan fingerprint density at radius 2 is 1.96 bits per heavy atom. The molecule has 26 heavy (non-hydrogen) atoms. The molecule has 1 saturated heterocycles. The molecule has 3 atom stereocenters. The van der Waals surface area contributed by atoms with Gasteiger partial charge in [-0.05, 0) is 47.6 Å². The molecule has 6 nitrogen and oxygen atoms in total. The van der Waals surface area contributed by atoms with Crippen LogP contribution in [0.5, 0.6) is 0 Å². The van der Waals surface area contributed by atoms with Crippen molar-refractivity contribution in [3.8, 4) is 0 Å². The summed E-state index contributed by atoms with van der Waals surface area (Å²) in [5, 5.41) is 12.4. The molecule has 0 unspecified atom stereocenters. The maximum Gasteiger partial charge on any atom is 0.320 e. The van der Waals surface area contributed by atoms with Crippen LogP contribution in [0.3, 0.4) is 0 Å². The highest BCUT2D eigenvalue weighted by molar-refractivity contribution is 5.95. The number of aliphatic hydroxyl groups excluding tert-OH is 1. The van der Waals surface area contributed by atoms with Crippen molar-refractivity contribution in [3.63, 3.8) is 0 Å². The van der Waals surface area contributed by atoms with Gasteiger partial charge in [0.15, 0.2) is 6.10 Å². The van der Waals surface area contributed by atoms with Crippen molar-refractivity contribution in [1.29, 1.82) is 0 Å². The van der Waals surface area contributed by atoms with Gasteiger partial charge < -0.3 is 24.8 Å². The number of aliphatic hydroxyl groups is 1. The molecule has 0 amide bonds. The van der Waals surface area contributed by atoms with Gasteiger partial charge in [-0.25, -0.2) is 0 Å². The zero-order valence-electron chi connectivity index (χ0n) is 16.2. The van der Waals surface area contributed by atoms with E-state index in [-0.39, 0.29) is 11.4 Å². The molecule has 8 heteroatoms. The quantitative estimate of drug-likeness (QED) is 0.796. The van der Waals surface area contributed by atoms with Crippen LogP contribution in [-0.4, -0.2) is 57.9 Å². The van der Waals surface area contributed by atoms with Crippen LogP contribution in [0.2, 0.25) is 0 Å². The molecule has 0 aromatic heterocycles. The Kier molecular flexibility index (Phi) is 5.52. The fourth-order valence-electron chi connectivity index (χ4n) is 2.78. The van der Waals surface area contributed by atoms with E-state index >= 15 is 8.78 Å². The highest BCUT2D eigenvalue weighted by atomic mass is 19.3. The van der Waals surface area contributed by atoms with Crippen LogP contribution in [0.25, 0.3) is 0 Å². The number of halogens is 2. The number of hydrogen-bond donors (Lipinski definition) is 2. The van der Waals surface area contributed by atoms with Crippen LogP contribution in [0.4, 0.5) is 8.78 Å². The zero-order valence-corrected chi connectivity index (χ0v) is 16.2. The van der Waals surface area contributed by atoms with Crippen LogP contribution in [0, 0.1) is 0 Å². The molecule has 0 radical (unpaired) electrons. The van der Waals surface area contributed by atoms with Crippen molar-refractivity contribution in [1.82, 2.24) is 10.2 Å². The summed E-state index contributed by atoms with van der Waals surface area (Å²) < 4.78 is 41.0. The Balaban J connectivity index is 2.27. The summed E-state index contributed by atoms with van der Waals surface area (Å²) in [6, 6.07) is 0. The van der Waals surface area contributed by atoms with E-state index in [1.807, 2.05) is 20.8 Å². The van der Waals surface area contributed by atoms with Crippen molar-refractivity contribution < 1.29 is 23.4 Å². The van der Waals surface area contributed by atoms with Crippen molar-refractivity contribution in [2.45, 2.75) is 77.0 Å². The van der Waals surface area contributed by atoms with Gasteiger partial charge in [-0.3, -0.25) is 4.99 Å². The third kappa shape index (κ3) is 4.61. The zero-order chi connectivity index (χ0) is 19.9. The van der Waals surface area contributed by atoms with Gasteiger partial charge in [0.1, 0.15) is 17.8 Å². The van der Waals surface area contributed by atoms with Gasteiger partial charge in [0, 0.05) is 6.20 Å². The van der Waals surface area contributed by atoms with Crippen LogP contribution in [-0.2, 0) is 9.47 Å². The molecular formula is C18H29F2N3O3. The predicted octanol–water partition coefficient (Wildman–Crippen LogP) is 2.61. The summed E-state index contributed by atoms with van der Waals surface area (Å²) in [5.74, 6) is -2.61. The minimum Gasteiger partial charge on any atom is -0.394 e. The van der Waals surface area contributed by atoms with Crippen molar-refractivity contribution in [2.75, 3.05) is 6.61 Å². The predicted molar refractivity (Wildman–Crippen MR) is 95.8 cm³/mol. The smallest absolute Gasteiger partial charge is 0.320 e. The van der Waals surface area contributed by atoms with E-state index < -0.39 is 36.6 Å². The van der Waals surface area contributed by atoms with Gasteiger partial charge >= 0.3 is 5.92 Å². The Morgan fingerprint density at radius 3 is 2.42 bits per heavy atom. The molecule has 2 aliphatic rings. The number of nitrogens with zero attached hydrogens (tertiary/aromatic N) is 2. The second kappa shape index (κ2) is 6.90. The van der Waals surface area contributed by atoms with Crippen LogP contribution in [0.15, 0.2) is 29.7 Å². The lowest BCUT2D eigenvalue weighted by Crippen LogP contribution is -2.52. The first-order chi connectivity index (χ1) is 11.7. The molecule has 0 bridgehead atoms. The third-order valence-corrected chi connectivity index (χ3v) is 3.70. The maximum atomic E-state index is 15.0. The number of aliphatic imine (C=N–C) groups is 1. The van der Waals surface area contributed by atoms with Gasteiger partial charge in [0.2, 0.25) is 6.23 Å². The third-order valence-electron chi connectivity index (χ3n) is 3.70. The Bertz CT molecular complexity index is 606. The highest BCUT2D eigenvalue weighted by Crippen LogP contribution is 2.42. The fraction of sp³-hybridized carbons (Fsp3) is 0.722. The Morgan fingerprint density at radius 1 is 1.35 bits per heavy atom. The molecule has 0 saturated carbocycles. The number of ether oxygens (including phenoxy) is 2. The normalized spacial score (nSPS) is 30.8. The van der Waals surface area contributed by atoms with Gasteiger partial charge in [-0.2, -0.15) is 8.78 Å². The lowest BCUT2D eigenvalue weighted by molar-refractivity contribution is -0.187. The number of rotatable bonds is 3. The van der Waals surface area contributed by atoms with Crippen LogP contribution < -0.4 is 5.32 Å². The first-order valence-corrected chi connectivity index (χ1v) is 8.59. The topological polar surface area (TPSA) is 66.3 Å². The summed E-state index contributed by atoms with van der Waals surface area (Å²) >= 11 is 0.